The van der Waals surface area contributed by atoms with Crippen molar-refractivity contribution in [2.24, 2.45) is 0 Å². The molecule has 3 N–H and O–H groups in total. The van der Waals surface area contributed by atoms with Gasteiger partial charge in [-0.1, -0.05) is 0 Å². The number of hydrogen-bond acceptors (Lipinski definition) is 5. The van der Waals surface area contributed by atoms with Crippen LogP contribution in [-0.2, 0) is 0 Å². The van der Waals surface area contributed by atoms with Gasteiger partial charge in [0.05, 0.1) is 18.1 Å². The van der Waals surface area contributed by atoms with Crippen LogP contribution in [0.2, 0.25) is 0 Å². The summed E-state index contributed by atoms with van der Waals surface area (Å²) in [6.45, 7) is 1.94. The Bertz CT molecular complexity index is 651. The summed E-state index contributed by atoms with van der Waals surface area (Å²) in [5, 5.41) is 11.0. The normalized spacial score (nSPS) is 11.1. The van der Waals surface area contributed by atoms with E-state index in [1.165, 1.54) is 6.33 Å². The number of H-pyrrole nitrogens is 1. The number of aryl methyl sites for hydroxylation is 1. The largest absolute Gasteiger partial charge is 0.381 e. The van der Waals surface area contributed by atoms with Crippen molar-refractivity contribution in [1.82, 2.24) is 29.8 Å². The number of hydrogen-bond donors (Lipinski definition) is 2. The molecule has 0 amide bonds. The quantitative estimate of drug-likeness (QED) is 0.612. The van der Waals surface area contributed by atoms with Crippen LogP contribution in [0.15, 0.2) is 18.7 Å². The fourth-order valence-corrected chi connectivity index (χ4v) is 1.63. The first-order valence-electron chi connectivity index (χ1n) is 4.72. The maximum absolute atomic E-state index is 5.70. The van der Waals surface area contributed by atoms with Gasteiger partial charge in [-0.3, -0.25) is 5.10 Å². The Morgan fingerprint density at radius 2 is 2.19 bits per heavy atom. The van der Waals surface area contributed by atoms with E-state index in [1.54, 1.807) is 16.9 Å². The molecule has 0 aliphatic rings. The number of anilines is 1. The maximum atomic E-state index is 5.70. The van der Waals surface area contributed by atoms with Crippen molar-refractivity contribution in [3.8, 4) is 11.3 Å². The van der Waals surface area contributed by atoms with Gasteiger partial charge in [-0.15, -0.1) is 0 Å². The summed E-state index contributed by atoms with van der Waals surface area (Å²) >= 11 is 0. The predicted molar refractivity (Wildman–Crippen MR) is 57.5 cm³/mol. The van der Waals surface area contributed by atoms with Crippen LogP contribution in [0.4, 0.5) is 5.82 Å². The molecule has 7 nitrogen and oxygen atoms in total. The van der Waals surface area contributed by atoms with Crippen LogP contribution < -0.4 is 5.73 Å². The van der Waals surface area contributed by atoms with Crippen molar-refractivity contribution in [2.45, 2.75) is 6.92 Å². The van der Waals surface area contributed by atoms with E-state index in [2.05, 4.69) is 25.3 Å². The molecule has 3 aromatic heterocycles. The highest BCUT2D eigenvalue weighted by Crippen LogP contribution is 2.22. The molecule has 0 fully saturated rings. The molecule has 0 saturated heterocycles. The lowest BCUT2D eigenvalue weighted by atomic mass is 10.2. The van der Waals surface area contributed by atoms with Crippen molar-refractivity contribution in [3.05, 3.63) is 24.4 Å². The highest BCUT2D eigenvalue weighted by molar-refractivity contribution is 5.68. The molecular formula is C9H9N7. The molecule has 3 heterocycles. The van der Waals surface area contributed by atoms with Crippen LogP contribution in [0.1, 0.15) is 5.69 Å². The minimum atomic E-state index is 0.363. The first-order valence-corrected chi connectivity index (χ1v) is 4.72. The summed E-state index contributed by atoms with van der Waals surface area (Å²) in [7, 11) is 0. The van der Waals surface area contributed by atoms with Crippen molar-refractivity contribution >= 4 is 11.5 Å². The Morgan fingerprint density at radius 1 is 1.31 bits per heavy atom. The van der Waals surface area contributed by atoms with E-state index in [4.69, 9.17) is 5.73 Å². The highest BCUT2D eigenvalue weighted by atomic mass is 15.3. The van der Waals surface area contributed by atoms with Crippen LogP contribution in [0.25, 0.3) is 16.9 Å². The van der Waals surface area contributed by atoms with E-state index in [0.29, 0.717) is 11.5 Å². The lowest BCUT2D eigenvalue weighted by molar-refractivity contribution is 0.907. The van der Waals surface area contributed by atoms with Crippen molar-refractivity contribution < 1.29 is 0 Å². The Hall–Kier alpha value is -2.44. The molecule has 0 atom stereocenters. The predicted octanol–water partition coefficient (Wildman–Crippen LogP) is 0.405. The molecule has 7 heteroatoms. The summed E-state index contributed by atoms with van der Waals surface area (Å²) in [5.74, 6) is 0.363. The minimum Gasteiger partial charge on any atom is -0.381 e. The SMILES string of the molecule is Cc1[nH]ncc1-c1cnc2c(N)ncnn12. The van der Waals surface area contributed by atoms with Gasteiger partial charge in [0.2, 0.25) is 0 Å². The van der Waals surface area contributed by atoms with Crippen LogP contribution in [0.3, 0.4) is 0 Å². The fraction of sp³-hybridized carbons (Fsp3) is 0.111. The maximum Gasteiger partial charge on any atom is 0.197 e. The molecule has 3 rings (SSSR count). The third-order valence-corrected chi connectivity index (χ3v) is 2.44. The minimum absolute atomic E-state index is 0.363. The molecule has 0 bridgehead atoms. The lowest BCUT2D eigenvalue weighted by Gasteiger charge is -1.99. The van der Waals surface area contributed by atoms with Gasteiger partial charge < -0.3 is 5.73 Å². The summed E-state index contributed by atoms with van der Waals surface area (Å²) < 4.78 is 1.65. The molecule has 0 saturated carbocycles. The van der Waals surface area contributed by atoms with Gasteiger partial charge in [-0.05, 0) is 6.92 Å². The monoisotopic (exact) mass is 215 g/mol. The van der Waals surface area contributed by atoms with Crippen LogP contribution in [0, 0.1) is 6.92 Å². The Morgan fingerprint density at radius 3 is 2.94 bits per heavy atom. The highest BCUT2D eigenvalue weighted by Gasteiger charge is 2.12. The Balaban J connectivity index is 2.34. The first kappa shape index (κ1) is 8.84. The van der Waals surface area contributed by atoms with Crippen molar-refractivity contribution in [1.29, 1.82) is 0 Å². The number of aromatic amines is 1. The second-order valence-corrected chi connectivity index (χ2v) is 3.43. The lowest BCUT2D eigenvalue weighted by Crippen LogP contribution is -2.00. The summed E-state index contributed by atoms with van der Waals surface area (Å²) in [6.07, 6.45) is 4.85. The standard InChI is InChI=1S/C9H9N7/c1-5-6(2-13-15-5)7-3-11-9-8(10)12-4-14-16(7)9/h2-4H,1H3,(H,13,15)(H2,10,12,14). The van der Waals surface area contributed by atoms with E-state index < -0.39 is 0 Å². The van der Waals surface area contributed by atoms with Crippen LogP contribution in [-0.4, -0.2) is 29.8 Å². The molecule has 0 aromatic carbocycles. The van der Waals surface area contributed by atoms with Crippen LogP contribution in [0.5, 0.6) is 0 Å². The topological polar surface area (TPSA) is 97.8 Å². The van der Waals surface area contributed by atoms with Gasteiger partial charge in [0.15, 0.2) is 11.5 Å². The Labute approximate surface area is 90.3 Å². The van der Waals surface area contributed by atoms with Gasteiger partial charge in [-0.25, -0.2) is 14.5 Å². The van der Waals surface area contributed by atoms with Gasteiger partial charge >= 0.3 is 0 Å². The molecule has 0 radical (unpaired) electrons. The number of nitrogens with zero attached hydrogens (tertiary/aromatic N) is 5. The van der Waals surface area contributed by atoms with Gasteiger partial charge in [0, 0.05) is 11.3 Å². The van der Waals surface area contributed by atoms with Gasteiger partial charge in [0.1, 0.15) is 6.33 Å². The fourth-order valence-electron chi connectivity index (χ4n) is 1.63. The molecular weight excluding hydrogens is 206 g/mol. The molecule has 0 spiro atoms. The van der Waals surface area contributed by atoms with Crippen molar-refractivity contribution in [2.75, 3.05) is 5.73 Å². The number of fused-ring (bicyclic) bond motifs is 1. The van der Waals surface area contributed by atoms with E-state index in [9.17, 15) is 0 Å². The number of rotatable bonds is 1. The molecule has 0 aliphatic carbocycles. The molecule has 0 unspecified atom stereocenters. The van der Waals surface area contributed by atoms with Gasteiger partial charge in [-0.2, -0.15) is 10.2 Å². The van der Waals surface area contributed by atoms with E-state index >= 15 is 0 Å². The van der Waals surface area contributed by atoms with Crippen molar-refractivity contribution in [3.63, 3.8) is 0 Å². The average Bonchev–Trinajstić information content (AvgIpc) is 2.84. The third-order valence-electron chi connectivity index (χ3n) is 2.44. The molecule has 0 aliphatic heterocycles. The Kier molecular flexibility index (Phi) is 1.67. The zero-order valence-electron chi connectivity index (χ0n) is 8.55. The van der Waals surface area contributed by atoms with E-state index in [1.807, 2.05) is 6.92 Å². The number of aromatic nitrogens is 6. The molecule has 80 valence electrons. The summed E-state index contributed by atoms with van der Waals surface area (Å²) in [6, 6.07) is 0. The summed E-state index contributed by atoms with van der Waals surface area (Å²) in [4.78, 5) is 8.07. The van der Waals surface area contributed by atoms with Gasteiger partial charge in [0.25, 0.3) is 0 Å². The molecule has 16 heavy (non-hydrogen) atoms. The summed E-state index contributed by atoms with van der Waals surface area (Å²) in [5.41, 5.74) is 9.01. The van der Waals surface area contributed by atoms with Crippen LogP contribution >= 0.6 is 0 Å². The molecule has 3 aromatic rings. The number of nitrogens with one attached hydrogen (secondary N) is 1. The zero-order chi connectivity index (χ0) is 11.1. The second kappa shape index (κ2) is 3.02. The smallest absolute Gasteiger partial charge is 0.197 e. The number of nitrogens with two attached hydrogens (primary N) is 1. The third kappa shape index (κ3) is 1.08. The average molecular weight is 215 g/mol. The van der Waals surface area contributed by atoms with E-state index in [0.717, 1.165) is 17.0 Å². The second-order valence-electron chi connectivity index (χ2n) is 3.43. The number of imidazole rings is 1. The van der Waals surface area contributed by atoms with E-state index in [-0.39, 0.29) is 0 Å². The number of nitrogen functional groups attached to an aromatic ring is 1. The first-order chi connectivity index (χ1) is 7.77. The zero-order valence-corrected chi connectivity index (χ0v) is 8.55.